The van der Waals surface area contributed by atoms with Gasteiger partial charge in [0, 0.05) is 48.4 Å². The van der Waals surface area contributed by atoms with Crippen LogP contribution in [0.4, 0.5) is 5.82 Å². The summed E-state index contributed by atoms with van der Waals surface area (Å²) in [4.78, 5) is 21.7. The van der Waals surface area contributed by atoms with Gasteiger partial charge in [-0.3, -0.25) is 4.79 Å². The van der Waals surface area contributed by atoms with E-state index in [1.165, 1.54) is 49.4 Å². The Morgan fingerprint density at radius 1 is 1.23 bits per heavy atom. The Labute approximate surface area is 178 Å². The summed E-state index contributed by atoms with van der Waals surface area (Å²) in [5, 5.41) is 7.28. The highest BCUT2D eigenvalue weighted by Crippen LogP contribution is 2.34. The van der Waals surface area contributed by atoms with Gasteiger partial charge in [-0.05, 0) is 81.2 Å². The third-order valence-electron chi connectivity index (χ3n) is 6.17. The van der Waals surface area contributed by atoms with Crippen molar-refractivity contribution in [2.75, 3.05) is 38.5 Å². The minimum absolute atomic E-state index is 0.116. The quantitative estimate of drug-likeness (QED) is 0.582. The van der Waals surface area contributed by atoms with Crippen molar-refractivity contribution in [1.82, 2.24) is 20.2 Å². The molecule has 2 aromatic heterocycles. The Hall–Kier alpha value is -2.70. The zero-order valence-electron chi connectivity index (χ0n) is 18.1. The zero-order valence-corrected chi connectivity index (χ0v) is 18.1. The number of nitrogens with one attached hydrogen (secondary N) is 3. The molecule has 1 amide bonds. The molecule has 3 aromatic rings. The number of rotatable bonds is 6. The number of piperidine rings is 1. The first-order chi connectivity index (χ1) is 14.5. The molecule has 30 heavy (non-hydrogen) atoms. The topological polar surface area (TPSA) is 73.1 Å². The molecule has 1 fully saturated rings. The molecule has 0 unspecified atom stereocenters. The number of H-pyrrole nitrogens is 1. The first-order valence-corrected chi connectivity index (χ1v) is 10.8. The molecule has 0 bridgehead atoms. The molecule has 0 saturated carbocycles. The van der Waals surface area contributed by atoms with Gasteiger partial charge in [-0.2, -0.15) is 0 Å². The van der Waals surface area contributed by atoms with Crippen molar-refractivity contribution in [2.24, 2.45) is 0 Å². The maximum absolute atomic E-state index is 11.4. The van der Waals surface area contributed by atoms with Crippen LogP contribution in [0.15, 0.2) is 36.5 Å². The van der Waals surface area contributed by atoms with E-state index in [1.807, 2.05) is 19.2 Å². The molecule has 1 aliphatic heterocycles. The lowest BCUT2D eigenvalue weighted by atomic mass is 9.88. The van der Waals surface area contributed by atoms with Crippen LogP contribution in [-0.2, 0) is 4.79 Å². The Kier molecular flexibility index (Phi) is 6.16. The number of likely N-dealkylation sites (N-methyl/N-ethyl adjacent to an activating group) is 1. The SMILES string of the molecule is CNCCN1CCC(c2ccc3[nH]c(-c4ccnc(NC(C)=O)c4)c(C)c3c2)CC1. The molecule has 3 N–H and O–H groups in total. The molecule has 0 aliphatic carbocycles. The molecule has 3 heterocycles. The van der Waals surface area contributed by atoms with Crippen LogP contribution in [0.25, 0.3) is 22.2 Å². The van der Waals surface area contributed by atoms with Gasteiger partial charge < -0.3 is 20.5 Å². The van der Waals surface area contributed by atoms with E-state index >= 15 is 0 Å². The standard InChI is InChI=1S/C24H31N5O/c1-16-21-14-19(18-7-11-29(12-8-18)13-10-25-3)4-5-22(21)28-24(16)20-6-9-26-23(15-20)27-17(2)30/h4-6,9,14-15,18,25,28H,7-8,10-13H2,1-3H3,(H,26,27,30). The predicted molar refractivity (Wildman–Crippen MR) is 123 cm³/mol. The van der Waals surface area contributed by atoms with E-state index in [2.05, 4.69) is 50.6 Å². The zero-order chi connectivity index (χ0) is 21.1. The number of amides is 1. The maximum Gasteiger partial charge on any atom is 0.222 e. The van der Waals surface area contributed by atoms with Crippen LogP contribution in [0.5, 0.6) is 0 Å². The molecule has 1 saturated heterocycles. The van der Waals surface area contributed by atoms with E-state index in [1.54, 1.807) is 6.20 Å². The van der Waals surface area contributed by atoms with Gasteiger partial charge in [0.05, 0.1) is 0 Å². The van der Waals surface area contributed by atoms with Gasteiger partial charge in [-0.15, -0.1) is 0 Å². The number of carbonyl (C=O) groups excluding carboxylic acids is 1. The Morgan fingerprint density at radius 2 is 2.03 bits per heavy atom. The minimum atomic E-state index is -0.116. The number of likely N-dealkylation sites (tertiary alicyclic amines) is 1. The van der Waals surface area contributed by atoms with Crippen LogP contribution < -0.4 is 10.6 Å². The number of hydrogen-bond acceptors (Lipinski definition) is 4. The normalized spacial score (nSPS) is 15.6. The van der Waals surface area contributed by atoms with E-state index in [0.717, 1.165) is 29.9 Å². The van der Waals surface area contributed by atoms with Gasteiger partial charge in [0.15, 0.2) is 0 Å². The average Bonchev–Trinajstić information content (AvgIpc) is 3.08. The Balaban J connectivity index is 1.56. The first kappa shape index (κ1) is 20.6. The van der Waals surface area contributed by atoms with E-state index in [-0.39, 0.29) is 5.91 Å². The molecule has 6 nitrogen and oxygen atoms in total. The summed E-state index contributed by atoms with van der Waals surface area (Å²) in [6.45, 7) is 8.19. The van der Waals surface area contributed by atoms with Crippen molar-refractivity contribution in [3.63, 3.8) is 0 Å². The summed E-state index contributed by atoms with van der Waals surface area (Å²) in [5.41, 5.74) is 5.94. The molecule has 0 atom stereocenters. The Morgan fingerprint density at radius 3 is 2.77 bits per heavy atom. The highest BCUT2D eigenvalue weighted by Gasteiger charge is 2.21. The van der Waals surface area contributed by atoms with Crippen LogP contribution in [0, 0.1) is 6.92 Å². The molecular formula is C24H31N5O. The molecule has 6 heteroatoms. The van der Waals surface area contributed by atoms with Crippen molar-refractivity contribution in [3.05, 3.63) is 47.7 Å². The van der Waals surface area contributed by atoms with Crippen molar-refractivity contribution in [1.29, 1.82) is 0 Å². The smallest absolute Gasteiger partial charge is 0.222 e. The molecule has 158 valence electrons. The molecule has 0 spiro atoms. The fourth-order valence-corrected chi connectivity index (χ4v) is 4.48. The summed E-state index contributed by atoms with van der Waals surface area (Å²) in [7, 11) is 2.02. The van der Waals surface area contributed by atoms with Crippen LogP contribution in [0.3, 0.4) is 0 Å². The van der Waals surface area contributed by atoms with Gasteiger partial charge in [-0.25, -0.2) is 4.98 Å². The van der Waals surface area contributed by atoms with Crippen LogP contribution in [0.1, 0.15) is 36.8 Å². The maximum atomic E-state index is 11.4. The molecule has 1 aromatic carbocycles. The number of aromatic nitrogens is 2. The predicted octanol–water partition coefficient (Wildman–Crippen LogP) is 3.90. The number of carbonyl (C=O) groups is 1. The van der Waals surface area contributed by atoms with Crippen LogP contribution >= 0.6 is 0 Å². The van der Waals surface area contributed by atoms with Crippen molar-refractivity contribution in [3.8, 4) is 11.3 Å². The number of anilines is 1. The first-order valence-electron chi connectivity index (χ1n) is 10.8. The number of pyridine rings is 1. The highest BCUT2D eigenvalue weighted by atomic mass is 16.1. The lowest BCUT2D eigenvalue weighted by Gasteiger charge is -2.32. The van der Waals surface area contributed by atoms with Gasteiger partial charge >= 0.3 is 0 Å². The van der Waals surface area contributed by atoms with Gasteiger partial charge in [0.1, 0.15) is 5.82 Å². The van der Waals surface area contributed by atoms with Crippen molar-refractivity contribution in [2.45, 2.75) is 32.6 Å². The number of aryl methyl sites for hydroxylation is 1. The summed E-state index contributed by atoms with van der Waals surface area (Å²) >= 11 is 0. The van der Waals surface area contributed by atoms with Gasteiger partial charge in [0.2, 0.25) is 5.91 Å². The monoisotopic (exact) mass is 405 g/mol. The van der Waals surface area contributed by atoms with E-state index in [0.29, 0.717) is 11.7 Å². The molecule has 0 radical (unpaired) electrons. The minimum Gasteiger partial charge on any atom is -0.354 e. The second-order valence-electron chi connectivity index (χ2n) is 8.26. The van der Waals surface area contributed by atoms with Crippen LogP contribution in [-0.4, -0.2) is 54.0 Å². The number of nitrogens with zero attached hydrogens (tertiary/aromatic N) is 2. The third-order valence-corrected chi connectivity index (χ3v) is 6.17. The fraction of sp³-hybridized carbons (Fsp3) is 0.417. The summed E-state index contributed by atoms with van der Waals surface area (Å²) < 4.78 is 0. The summed E-state index contributed by atoms with van der Waals surface area (Å²) in [5.74, 6) is 1.09. The summed E-state index contributed by atoms with van der Waals surface area (Å²) in [6.07, 6.45) is 4.17. The lowest BCUT2D eigenvalue weighted by molar-refractivity contribution is -0.114. The van der Waals surface area contributed by atoms with Crippen LogP contribution in [0.2, 0.25) is 0 Å². The van der Waals surface area contributed by atoms with Gasteiger partial charge in [0.25, 0.3) is 0 Å². The molecule has 1 aliphatic rings. The second kappa shape index (κ2) is 8.98. The number of hydrogen-bond donors (Lipinski definition) is 3. The van der Waals surface area contributed by atoms with Crippen molar-refractivity contribution >= 4 is 22.6 Å². The number of fused-ring (bicyclic) bond motifs is 1. The Bertz CT molecular complexity index is 1030. The van der Waals surface area contributed by atoms with Gasteiger partial charge in [-0.1, -0.05) is 6.07 Å². The number of aromatic amines is 1. The van der Waals surface area contributed by atoms with E-state index < -0.39 is 0 Å². The summed E-state index contributed by atoms with van der Waals surface area (Å²) in [6, 6.07) is 10.8. The number of benzene rings is 1. The van der Waals surface area contributed by atoms with E-state index in [9.17, 15) is 4.79 Å². The van der Waals surface area contributed by atoms with E-state index in [4.69, 9.17) is 0 Å². The highest BCUT2D eigenvalue weighted by molar-refractivity contribution is 5.92. The van der Waals surface area contributed by atoms with Crippen molar-refractivity contribution < 1.29 is 4.79 Å². The second-order valence-corrected chi connectivity index (χ2v) is 8.26. The fourth-order valence-electron chi connectivity index (χ4n) is 4.48. The third kappa shape index (κ3) is 4.40. The average molecular weight is 406 g/mol. The lowest BCUT2D eigenvalue weighted by Crippen LogP contribution is -2.37. The molecule has 4 rings (SSSR count). The largest absolute Gasteiger partial charge is 0.354 e. The molecular weight excluding hydrogens is 374 g/mol.